The van der Waals surface area contributed by atoms with Crippen molar-refractivity contribution in [1.82, 2.24) is 4.98 Å². The summed E-state index contributed by atoms with van der Waals surface area (Å²) in [6.45, 7) is 7.45. The topological polar surface area (TPSA) is 78.6 Å². The zero-order valence-electron chi connectivity index (χ0n) is 13.1. The second kappa shape index (κ2) is 6.17. The minimum Gasteiger partial charge on any atom is -0.466 e. The van der Waals surface area contributed by atoms with E-state index in [-0.39, 0.29) is 12.3 Å². The predicted molar refractivity (Wildman–Crippen MR) is 79.5 cm³/mol. The molecule has 0 atom stereocenters. The van der Waals surface area contributed by atoms with Gasteiger partial charge in [0.2, 0.25) is 5.89 Å². The monoisotopic (exact) mass is 305 g/mol. The number of benzene rings is 1. The third-order valence-electron chi connectivity index (χ3n) is 2.67. The van der Waals surface area contributed by atoms with E-state index < -0.39 is 17.5 Å². The van der Waals surface area contributed by atoms with E-state index >= 15 is 0 Å². The Kier molecular flexibility index (Phi) is 4.49. The molecule has 1 aromatic carbocycles. The molecule has 0 unspecified atom stereocenters. The Morgan fingerprint density at radius 1 is 1.27 bits per heavy atom. The fourth-order valence-electron chi connectivity index (χ4n) is 1.85. The molecule has 1 heterocycles. The second-order valence-corrected chi connectivity index (χ2v) is 5.77. The van der Waals surface area contributed by atoms with Gasteiger partial charge in [0.15, 0.2) is 5.58 Å². The lowest BCUT2D eigenvalue weighted by Gasteiger charge is -2.19. The van der Waals surface area contributed by atoms with Crippen LogP contribution < -0.4 is 0 Å². The van der Waals surface area contributed by atoms with Gasteiger partial charge in [0.05, 0.1) is 12.2 Å². The Balaban J connectivity index is 2.20. The van der Waals surface area contributed by atoms with E-state index in [1.54, 1.807) is 45.9 Å². The van der Waals surface area contributed by atoms with Gasteiger partial charge in [-0.1, -0.05) is 0 Å². The minimum absolute atomic E-state index is 0.0374. The lowest BCUT2D eigenvalue weighted by atomic mass is 10.1. The van der Waals surface area contributed by atoms with Gasteiger partial charge in [-0.2, -0.15) is 0 Å². The molecule has 0 N–H and O–H groups in total. The highest BCUT2D eigenvalue weighted by atomic mass is 16.6. The summed E-state index contributed by atoms with van der Waals surface area (Å²) in [5, 5.41) is 0. The number of fused-ring (bicyclic) bond motifs is 1. The first-order chi connectivity index (χ1) is 10.3. The van der Waals surface area contributed by atoms with Crippen molar-refractivity contribution in [2.24, 2.45) is 0 Å². The van der Waals surface area contributed by atoms with E-state index in [0.29, 0.717) is 23.3 Å². The van der Waals surface area contributed by atoms with E-state index in [1.807, 2.05) is 0 Å². The smallest absolute Gasteiger partial charge is 0.338 e. The number of nitrogens with zero attached hydrogens (tertiary/aromatic N) is 1. The van der Waals surface area contributed by atoms with Crippen LogP contribution in [-0.4, -0.2) is 29.1 Å². The molecular formula is C16H19NO5. The summed E-state index contributed by atoms with van der Waals surface area (Å²) in [6, 6.07) is 4.83. The molecule has 0 saturated heterocycles. The molecule has 0 amide bonds. The number of hydrogen-bond donors (Lipinski definition) is 0. The van der Waals surface area contributed by atoms with Crippen molar-refractivity contribution >= 4 is 23.0 Å². The summed E-state index contributed by atoms with van der Waals surface area (Å²) in [5.74, 6) is -0.569. The van der Waals surface area contributed by atoms with Crippen molar-refractivity contribution in [3.8, 4) is 0 Å². The fourth-order valence-corrected chi connectivity index (χ4v) is 1.85. The molecule has 0 aliphatic rings. The largest absolute Gasteiger partial charge is 0.466 e. The van der Waals surface area contributed by atoms with Crippen LogP contribution in [0.15, 0.2) is 22.6 Å². The third kappa shape index (κ3) is 4.07. The first-order valence-electron chi connectivity index (χ1n) is 7.07. The van der Waals surface area contributed by atoms with E-state index in [1.165, 1.54) is 0 Å². The van der Waals surface area contributed by atoms with Gasteiger partial charge in [-0.3, -0.25) is 4.79 Å². The van der Waals surface area contributed by atoms with Crippen molar-refractivity contribution < 1.29 is 23.5 Å². The van der Waals surface area contributed by atoms with Gasteiger partial charge in [-0.15, -0.1) is 0 Å². The van der Waals surface area contributed by atoms with Crippen molar-refractivity contribution in [2.75, 3.05) is 6.61 Å². The van der Waals surface area contributed by atoms with Gasteiger partial charge >= 0.3 is 11.9 Å². The van der Waals surface area contributed by atoms with Crippen LogP contribution in [-0.2, 0) is 20.7 Å². The molecule has 22 heavy (non-hydrogen) atoms. The van der Waals surface area contributed by atoms with Gasteiger partial charge in [-0.05, 0) is 45.9 Å². The second-order valence-electron chi connectivity index (χ2n) is 5.77. The summed E-state index contributed by atoms with van der Waals surface area (Å²) >= 11 is 0. The lowest BCUT2D eigenvalue weighted by Crippen LogP contribution is -2.23. The standard InChI is InChI=1S/C16H19NO5/c1-5-20-14(18)9-13-17-11-8-10(6-7-12(11)21-13)15(19)22-16(2,3)4/h6-8H,5,9H2,1-4H3. The summed E-state index contributed by atoms with van der Waals surface area (Å²) in [7, 11) is 0. The van der Waals surface area contributed by atoms with E-state index in [0.717, 1.165) is 0 Å². The molecule has 2 aromatic rings. The van der Waals surface area contributed by atoms with E-state index in [9.17, 15) is 9.59 Å². The summed E-state index contributed by atoms with van der Waals surface area (Å²) < 4.78 is 15.6. The third-order valence-corrected chi connectivity index (χ3v) is 2.67. The van der Waals surface area contributed by atoms with E-state index in [4.69, 9.17) is 13.9 Å². The summed E-state index contributed by atoms with van der Waals surface area (Å²) in [5.41, 5.74) is 0.831. The highest BCUT2D eigenvalue weighted by Crippen LogP contribution is 2.20. The summed E-state index contributed by atoms with van der Waals surface area (Å²) in [6.07, 6.45) is -0.0374. The zero-order chi connectivity index (χ0) is 16.3. The Bertz CT molecular complexity index is 696. The van der Waals surface area contributed by atoms with Gasteiger partial charge in [-0.25, -0.2) is 9.78 Å². The van der Waals surface area contributed by atoms with Crippen molar-refractivity contribution in [1.29, 1.82) is 0 Å². The van der Waals surface area contributed by atoms with Crippen LogP contribution in [0.1, 0.15) is 43.9 Å². The lowest BCUT2D eigenvalue weighted by molar-refractivity contribution is -0.142. The number of esters is 2. The van der Waals surface area contributed by atoms with Gasteiger partial charge in [0.1, 0.15) is 17.5 Å². The van der Waals surface area contributed by atoms with Crippen LogP contribution >= 0.6 is 0 Å². The molecule has 0 fully saturated rings. The van der Waals surface area contributed by atoms with Crippen molar-refractivity contribution in [2.45, 2.75) is 39.7 Å². The molecule has 0 saturated carbocycles. The van der Waals surface area contributed by atoms with Crippen LogP contribution in [0, 0.1) is 0 Å². The number of carbonyl (C=O) groups excluding carboxylic acids is 2. The number of carbonyl (C=O) groups is 2. The fraction of sp³-hybridized carbons (Fsp3) is 0.438. The average molecular weight is 305 g/mol. The van der Waals surface area contributed by atoms with Crippen molar-refractivity contribution in [3.63, 3.8) is 0 Å². The molecule has 1 aromatic heterocycles. The number of rotatable bonds is 4. The van der Waals surface area contributed by atoms with Gasteiger partial charge in [0.25, 0.3) is 0 Å². The first kappa shape index (κ1) is 16.0. The highest BCUT2D eigenvalue weighted by Gasteiger charge is 2.19. The first-order valence-corrected chi connectivity index (χ1v) is 7.07. The SMILES string of the molecule is CCOC(=O)Cc1nc2cc(C(=O)OC(C)(C)C)ccc2o1. The normalized spacial score (nSPS) is 11.5. The molecule has 2 rings (SSSR count). The van der Waals surface area contributed by atoms with Crippen LogP contribution in [0.25, 0.3) is 11.1 Å². The maximum absolute atomic E-state index is 12.0. The van der Waals surface area contributed by atoms with Crippen LogP contribution in [0.2, 0.25) is 0 Å². The number of ether oxygens (including phenoxy) is 2. The maximum Gasteiger partial charge on any atom is 0.338 e. The van der Waals surface area contributed by atoms with Gasteiger partial charge in [0, 0.05) is 0 Å². The number of oxazole rings is 1. The molecule has 6 heteroatoms. The molecule has 0 spiro atoms. The summed E-state index contributed by atoms with van der Waals surface area (Å²) in [4.78, 5) is 27.6. The predicted octanol–water partition coefficient (Wildman–Crippen LogP) is 2.89. The highest BCUT2D eigenvalue weighted by molar-refractivity contribution is 5.93. The maximum atomic E-state index is 12.0. The zero-order valence-corrected chi connectivity index (χ0v) is 13.1. The molecule has 6 nitrogen and oxygen atoms in total. The Labute approximate surface area is 128 Å². The molecule has 0 radical (unpaired) electrons. The Morgan fingerprint density at radius 3 is 2.64 bits per heavy atom. The van der Waals surface area contributed by atoms with Crippen molar-refractivity contribution in [3.05, 3.63) is 29.7 Å². The molecule has 0 bridgehead atoms. The van der Waals surface area contributed by atoms with Crippen LogP contribution in [0.5, 0.6) is 0 Å². The van der Waals surface area contributed by atoms with Crippen LogP contribution in [0.3, 0.4) is 0 Å². The van der Waals surface area contributed by atoms with Crippen LogP contribution in [0.4, 0.5) is 0 Å². The minimum atomic E-state index is -0.565. The average Bonchev–Trinajstić information content (AvgIpc) is 2.77. The Hall–Kier alpha value is -2.37. The quantitative estimate of drug-likeness (QED) is 0.808. The van der Waals surface area contributed by atoms with Gasteiger partial charge < -0.3 is 13.9 Å². The molecule has 0 aliphatic heterocycles. The van der Waals surface area contributed by atoms with E-state index in [2.05, 4.69) is 4.98 Å². The Morgan fingerprint density at radius 2 is 2.00 bits per heavy atom. The number of aromatic nitrogens is 1. The molecule has 118 valence electrons. The number of hydrogen-bond acceptors (Lipinski definition) is 6. The molecule has 0 aliphatic carbocycles. The molecular weight excluding hydrogens is 286 g/mol.